The lowest BCUT2D eigenvalue weighted by atomic mass is 9.91. The summed E-state index contributed by atoms with van der Waals surface area (Å²) in [6, 6.07) is 9.11. The monoisotopic (exact) mass is 244 g/mol. The summed E-state index contributed by atoms with van der Waals surface area (Å²) in [6.07, 6.45) is 6.76. The lowest BCUT2D eigenvalue weighted by Gasteiger charge is -2.11. The predicted molar refractivity (Wildman–Crippen MR) is 71.6 cm³/mol. The minimum atomic E-state index is -0.0372. The van der Waals surface area contributed by atoms with Crippen molar-refractivity contribution in [3.05, 3.63) is 35.9 Å². The normalized spacial score (nSPS) is 17.1. The van der Waals surface area contributed by atoms with Crippen LogP contribution < -0.4 is 0 Å². The molecule has 1 aliphatic carbocycles. The van der Waals surface area contributed by atoms with Crippen LogP contribution in [0.5, 0.6) is 0 Å². The van der Waals surface area contributed by atoms with Crippen LogP contribution in [0, 0.1) is 5.92 Å². The zero-order chi connectivity index (χ0) is 12.8. The smallest absolute Gasteiger partial charge is 0.170 e. The minimum absolute atomic E-state index is 0.0372. The van der Waals surface area contributed by atoms with Gasteiger partial charge in [-0.2, -0.15) is 0 Å². The molecule has 0 aliphatic heterocycles. The van der Waals surface area contributed by atoms with E-state index in [2.05, 4.69) is 0 Å². The molecule has 0 radical (unpaired) electrons. The minimum Gasteiger partial charge on any atom is -0.299 e. The largest absolute Gasteiger partial charge is 0.299 e. The summed E-state index contributed by atoms with van der Waals surface area (Å²) in [7, 11) is 0. The first-order valence-electron chi connectivity index (χ1n) is 6.88. The van der Waals surface area contributed by atoms with Crippen LogP contribution in [-0.4, -0.2) is 11.6 Å². The molecule has 18 heavy (non-hydrogen) atoms. The first-order chi connectivity index (χ1) is 8.77. The molecule has 96 valence electrons. The van der Waals surface area contributed by atoms with E-state index in [-0.39, 0.29) is 23.9 Å². The molecular weight excluding hydrogens is 224 g/mol. The Hall–Kier alpha value is -1.44. The van der Waals surface area contributed by atoms with Gasteiger partial charge in [-0.15, -0.1) is 0 Å². The molecule has 2 nitrogen and oxygen atoms in total. The Morgan fingerprint density at radius 1 is 0.944 bits per heavy atom. The highest BCUT2D eigenvalue weighted by molar-refractivity contribution is 6.08. The van der Waals surface area contributed by atoms with Gasteiger partial charge in [0.25, 0.3) is 0 Å². The van der Waals surface area contributed by atoms with Crippen molar-refractivity contribution in [1.29, 1.82) is 0 Å². The number of hydrogen-bond acceptors (Lipinski definition) is 2. The highest BCUT2D eigenvalue weighted by Crippen LogP contribution is 2.24. The number of hydrogen-bond donors (Lipinski definition) is 0. The Kier molecular flexibility index (Phi) is 4.68. The van der Waals surface area contributed by atoms with Crippen LogP contribution in [-0.2, 0) is 4.79 Å². The average molecular weight is 244 g/mol. The number of ketones is 2. The molecule has 0 amide bonds. The van der Waals surface area contributed by atoms with Crippen molar-refractivity contribution in [2.45, 2.75) is 44.9 Å². The molecule has 1 fully saturated rings. The fourth-order valence-electron chi connectivity index (χ4n) is 2.63. The van der Waals surface area contributed by atoms with Gasteiger partial charge in [0.15, 0.2) is 5.78 Å². The number of carbonyl (C=O) groups excluding carboxylic acids is 2. The second-order valence-corrected chi connectivity index (χ2v) is 5.12. The van der Waals surface area contributed by atoms with Crippen molar-refractivity contribution in [3.63, 3.8) is 0 Å². The van der Waals surface area contributed by atoms with Gasteiger partial charge >= 0.3 is 0 Å². The molecule has 2 heteroatoms. The maximum atomic E-state index is 12.1. The van der Waals surface area contributed by atoms with Crippen LogP contribution in [0.3, 0.4) is 0 Å². The van der Waals surface area contributed by atoms with E-state index in [9.17, 15) is 9.59 Å². The second-order valence-electron chi connectivity index (χ2n) is 5.12. The molecule has 1 aliphatic rings. The first kappa shape index (κ1) is 13.0. The molecule has 0 aromatic heterocycles. The third kappa shape index (κ3) is 3.52. The van der Waals surface area contributed by atoms with Gasteiger partial charge in [-0.1, -0.05) is 56.0 Å². The Morgan fingerprint density at radius 3 is 2.17 bits per heavy atom. The quantitative estimate of drug-likeness (QED) is 0.458. The van der Waals surface area contributed by atoms with Gasteiger partial charge in [0.2, 0.25) is 0 Å². The zero-order valence-electron chi connectivity index (χ0n) is 10.7. The molecule has 1 saturated carbocycles. The zero-order valence-corrected chi connectivity index (χ0v) is 10.7. The van der Waals surface area contributed by atoms with Gasteiger partial charge in [0, 0.05) is 11.5 Å². The van der Waals surface area contributed by atoms with E-state index in [1.54, 1.807) is 12.1 Å². The molecule has 0 spiro atoms. The maximum Gasteiger partial charge on any atom is 0.170 e. The van der Waals surface area contributed by atoms with Gasteiger partial charge in [-0.05, 0) is 12.8 Å². The molecule has 1 aromatic carbocycles. The SMILES string of the molecule is O=C(CC(=O)C1CCCCCC1)c1ccccc1. The first-order valence-corrected chi connectivity index (χ1v) is 6.88. The Bertz CT molecular complexity index is 400. The van der Waals surface area contributed by atoms with Crippen molar-refractivity contribution in [2.75, 3.05) is 0 Å². The Labute approximate surface area is 108 Å². The third-order valence-corrected chi connectivity index (χ3v) is 3.74. The van der Waals surface area contributed by atoms with Crippen LogP contribution in [0.1, 0.15) is 55.3 Å². The summed E-state index contributed by atoms with van der Waals surface area (Å²) in [5.41, 5.74) is 0.652. The molecule has 0 atom stereocenters. The summed E-state index contributed by atoms with van der Waals surface area (Å²) in [4.78, 5) is 24.1. The molecule has 1 aromatic rings. The lowest BCUT2D eigenvalue weighted by Crippen LogP contribution is -2.17. The second kappa shape index (κ2) is 6.48. The molecular formula is C16H20O2. The fourth-order valence-corrected chi connectivity index (χ4v) is 2.63. The molecule has 2 rings (SSSR count). The van der Waals surface area contributed by atoms with E-state index in [1.165, 1.54) is 12.8 Å². The highest BCUT2D eigenvalue weighted by Gasteiger charge is 2.22. The van der Waals surface area contributed by atoms with Crippen molar-refractivity contribution >= 4 is 11.6 Å². The van der Waals surface area contributed by atoms with Crippen molar-refractivity contribution in [1.82, 2.24) is 0 Å². The van der Waals surface area contributed by atoms with E-state index >= 15 is 0 Å². The van der Waals surface area contributed by atoms with Crippen LogP contribution in [0.15, 0.2) is 30.3 Å². The van der Waals surface area contributed by atoms with Gasteiger partial charge in [-0.3, -0.25) is 9.59 Å². The highest BCUT2D eigenvalue weighted by atomic mass is 16.1. The predicted octanol–water partition coefficient (Wildman–Crippen LogP) is 3.80. The number of carbonyl (C=O) groups is 2. The van der Waals surface area contributed by atoms with Crippen molar-refractivity contribution in [2.24, 2.45) is 5.92 Å². The number of benzene rings is 1. The van der Waals surface area contributed by atoms with Gasteiger partial charge in [0.1, 0.15) is 5.78 Å². The average Bonchev–Trinajstić information content (AvgIpc) is 2.68. The van der Waals surface area contributed by atoms with Crippen molar-refractivity contribution < 1.29 is 9.59 Å². The summed E-state index contributed by atoms with van der Waals surface area (Å²) in [5, 5.41) is 0. The fraction of sp³-hybridized carbons (Fsp3) is 0.500. The van der Waals surface area contributed by atoms with Gasteiger partial charge in [0.05, 0.1) is 6.42 Å². The molecule has 0 N–H and O–H groups in total. The van der Waals surface area contributed by atoms with Gasteiger partial charge in [-0.25, -0.2) is 0 Å². The van der Waals surface area contributed by atoms with E-state index < -0.39 is 0 Å². The van der Waals surface area contributed by atoms with E-state index in [0.29, 0.717) is 5.56 Å². The maximum absolute atomic E-state index is 12.1. The van der Waals surface area contributed by atoms with E-state index in [1.807, 2.05) is 18.2 Å². The van der Waals surface area contributed by atoms with Crippen LogP contribution >= 0.6 is 0 Å². The topological polar surface area (TPSA) is 34.1 Å². The summed E-state index contributed by atoms with van der Waals surface area (Å²) >= 11 is 0. The molecule has 0 saturated heterocycles. The summed E-state index contributed by atoms with van der Waals surface area (Å²) in [5.74, 6) is 0.232. The molecule has 0 heterocycles. The lowest BCUT2D eigenvalue weighted by molar-refractivity contribution is -0.122. The van der Waals surface area contributed by atoms with E-state index in [0.717, 1.165) is 25.7 Å². The van der Waals surface area contributed by atoms with Gasteiger partial charge < -0.3 is 0 Å². The third-order valence-electron chi connectivity index (χ3n) is 3.74. The Morgan fingerprint density at radius 2 is 1.56 bits per heavy atom. The van der Waals surface area contributed by atoms with E-state index in [4.69, 9.17) is 0 Å². The standard InChI is InChI=1S/C16H20O2/c17-15(13-8-4-1-2-5-9-13)12-16(18)14-10-6-3-7-11-14/h3,6-7,10-11,13H,1-2,4-5,8-9,12H2. The molecule has 0 unspecified atom stereocenters. The van der Waals surface area contributed by atoms with Crippen LogP contribution in [0.2, 0.25) is 0 Å². The number of rotatable bonds is 4. The number of Topliss-reactive ketones (excluding diaryl/α,β-unsaturated/α-hetero) is 2. The molecule has 0 bridgehead atoms. The summed E-state index contributed by atoms with van der Waals surface area (Å²) < 4.78 is 0. The Balaban J connectivity index is 1.92. The van der Waals surface area contributed by atoms with Crippen LogP contribution in [0.25, 0.3) is 0 Å². The van der Waals surface area contributed by atoms with Crippen LogP contribution in [0.4, 0.5) is 0 Å². The summed E-state index contributed by atoms with van der Waals surface area (Å²) in [6.45, 7) is 0. The van der Waals surface area contributed by atoms with Crippen molar-refractivity contribution in [3.8, 4) is 0 Å².